The number of rotatable bonds is 3. The number of ether oxygens (including phenoxy) is 1. The van der Waals surface area contributed by atoms with Crippen molar-refractivity contribution in [2.24, 2.45) is 5.41 Å². The van der Waals surface area contributed by atoms with Crippen LogP contribution in [0.2, 0.25) is 0 Å². The minimum atomic E-state index is -0.986. The molecule has 0 N–H and O–H groups in total. The van der Waals surface area contributed by atoms with Crippen LogP contribution in [0.5, 0.6) is 0 Å². The minimum Gasteiger partial charge on any atom is -0.364 e. The Bertz CT molecular complexity index is 504. The van der Waals surface area contributed by atoms with Gasteiger partial charge in [0, 0.05) is 6.42 Å². The van der Waals surface area contributed by atoms with E-state index in [0.29, 0.717) is 13.0 Å². The lowest BCUT2D eigenvalue weighted by atomic mass is 9.80. The third-order valence-corrected chi connectivity index (χ3v) is 3.17. The van der Waals surface area contributed by atoms with E-state index in [1.54, 1.807) is 6.92 Å². The molecule has 86 valence electrons. The fraction of sp³-hybridized carbons (Fsp3) is 0.429. The number of nitriles is 2. The van der Waals surface area contributed by atoms with E-state index in [-0.39, 0.29) is 0 Å². The van der Waals surface area contributed by atoms with Crippen molar-refractivity contribution < 1.29 is 4.74 Å². The molecule has 1 aliphatic rings. The molecule has 0 amide bonds. The second-order valence-corrected chi connectivity index (χ2v) is 4.88. The molecular weight excluding hydrogens is 212 g/mol. The molecule has 1 saturated heterocycles. The van der Waals surface area contributed by atoms with E-state index in [1.165, 1.54) is 0 Å². The first-order valence-corrected chi connectivity index (χ1v) is 5.57. The van der Waals surface area contributed by atoms with Gasteiger partial charge >= 0.3 is 0 Å². The predicted molar refractivity (Wildman–Crippen MR) is 62.8 cm³/mol. The summed E-state index contributed by atoms with van der Waals surface area (Å²) in [7, 11) is 0. The molecule has 0 aromatic heterocycles. The van der Waals surface area contributed by atoms with Gasteiger partial charge in [0.25, 0.3) is 0 Å². The van der Waals surface area contributed by atoms with E-state index in [9.17, 15) is 0 Å². The van der Waals surface area contributed by atoms with Crippen molar-refractivity contribution in [1.82, 2.24) is 0 Å². The maximum atomic E-state index is 9.05. The van der Waals surface area contributed by atoms with Crippen LogP contribution in [0.15, 0.2) is 24.3 Å². The highest BCUT2D eigenvalue weighted by Gasteiger charge is 2.51. The zero-order valence-electron chi connectivity index (χ0n) is 10.0. The summed E-state index contributed by atoms with van der Waals surface area (Å²) in [5.74, 6) is 0. The maximum Gasteiger partial charge on any atom is 0.144 e. The SMILES string of the molecule is Cc1cccc(C2(CC(C)(C#N)C#N)CO2)c1. The molecule has 0 aliphatic carbocycles. The van der Waals surface area contributed by atoms with Gasteiger partial charge in [0.1, 0.15) is 11.0 Å². The molecule has 1 aliphatic heterocycles. The number of epoxide rings is 1. The fourth-order valence-corrected chi connectivity index (χ4v) is 2.06. The molecule has 1 aromatic carbocycles. The van der Waals surface area contributed by atoms with Crippen LogP contribution in [0.1, 0.15) is 24.5 Å². The third kappa shape index (κ3) is 2.16. The first kappa shape index (κ1) is 11.6. The quantitative estimate of drug-likeness (QED) is 0.744. The minimum absolute atomic E-state index is 0.424. The monoisotopic (exact) mass is 226 g/mol. The zero-order valence-corrected chi connectivity index (χ0v) is 10.0. The van der Waals surface area contributed by atoms with Gasteiger partial charge in [-0.15, -0.1) is 0 Å². The van der Waals surface area contributed by atoms with Crippen molar-refractivity contribution in [3.05, 3.63) is 35.4 Å². The van der Waals surface area contributed by atoms with Crippen LogP contribution < -0.4 is 0 Å². The lowest BCUT2D eigenvalue weighted by molar-refractivity contribution is 0.255. The summed E-state index contributed by atoms with van der Waals surface area (Å²) >= 11 is 0. The van der Waals surface area contributed by atoms with Crippen LogP contribution in [0.3, 0.4) is 0 Å². The van der Waals surface area contributed by atoms with E-state index >= 15 is 0 Å². The lowest BCUT2D eigenvalue weighted by Gasteiger charge is -2.19. The van der Waals surface area contributed by atoms with Gasteiger partial charge in [-0.25, -0.2) is 0 Å². The molecule has 0 radical (unpaired) electrons. The topological polar surface area (TPSA) is 60.1 Å². The van der Waals surface area contributed by atoms with Crippen molar-refractivity contribution in [2.45, 2.75) is 25.9 Å². The van der Waals surface area contributed by atoms with Crippen LogP contribution in [0.4, 0.5) is 0 Å². The fourth-order valence-electron chi connectivity index (χ4n) is 2.06. The van der Waals surface area contributed by atoms with Gasteiger partial charge in [-0.3, -0.25) is 0 Å². The average molecular weight is 226 g/mol. The molecule has 0 spiro atoms. The molecule has 0 saturated carbocycles. The van der Waals surface area contributed by atoms with Crippen molar-refractivity contribution >= 4 is 0 Å². The van der Waals surface area contributed by atoms with Gasteiger partial charge in [0.05, 0.1) is 18.7 Å². The molecule has 1 unspecified atom stereocenters. The Morgan fingerprint density at radius 1 is 1.41 bits per heavy atom. The largest absolute Gasteiger partial charge is 0.364 e. The molecule has 2 rings (SSSR count). The molecule has 1 atom stereocenters. The number of benzene rings is 1. The van der Waals surface area contributed by atoms with Gasteiger partial charge in [-0.2, -0.15) is 10.5 Å². The standard InChI is InChI=1S/C14H14N2O/c1-11-4-3-5-12(6-11)14(10-17-14)7-13(2,8-15)9-16/h3-6H,7,10H2,1-2H3. The highest BCUT2D eigenvalue weighted by molar-refractivity contribution is 5.32. The Kier molecular flexibility index (Phi) is 2.65. The van der Waals surface area contributed by atoms with Crippen molar-refractivity contribution in [2.75, 3.05) is 6.61 Å². The molecule has 3 heteroatoms. The van der Waals surface area contributed by atoms with Gasteiger partial charge in [-0.1, -0.05) is 29.8 Å². The Balaban J connectivity index is 2.28. The first-order valence-electron chi connectivity index (χ1n) is 5.57. The summed E-state index contributed by atoms with van der Waals surface area (Å²) in [4.78, 5) is 0. The molecule has 1 heterocycles. The Morgan fingerprint density at radius 2 is 2.06 bits per heavy atom. The van der Waals surface area contributed by atoms with Crippen LogP contribution in [0, 0.1) is 35.0 Å². The molecule has 0 bridgehead atoms. The van der Waals surface area contributed by atoms with Crippen LogP contribution in [-0.2, 0) is 10.3 Å². The summed E-state index contributed by atoms with van der Waals surface area (Å²) in [5.41, 5.74) is 0.814. The summed E-state index contributed by atoms with van der Waals surface area (Å²) in [5, 5.41) is 18.1. The highest BCUT2D eigenvalue weighted by atomic mass is 16.6. The van der Waals surface area contributed by atoms with Crippen LogP contribution in [-0.4, -0.2) is 6.61 Å². The van der Waals surface area contributed by atoms with E-state index in [2.05, 4.69) is 18.2 Å². The van der Waals surface area contributed by atoms with Crippen molar-refractivity contribution in [3.8, 4) is 12.1 Å². The zero-order chi connectivity index (χ0) is 12.5. The van der Waals surface area contributed by atoms with Gasteiger partial charge < -0.3 is 4.74 Å². The van der Waals surface area contributed by atoms with Crippen LogP contribution >= 0.6 is 0 Å². The van der Waals surface area contributed by atoms with Gasteiger partial charge in [-0.05, 0) is 19.4 Å². The third-order valence-electron chi connectivity index (χ3n) is 3.17. The normalized spacial score (nSPS) is 22.6. The summed E-state index contributed by atoms with van der Waals surface area (Å²) in [6.45, 7) is 4.27. The number of nitrogens with zero attached hydrogens (tertiary/aromatic N) is 2. The predicted octanol–water partition coefficient (Wildman–Crippen LogP) is 2.66. The Labute approximate surface area is 101 Å². The van der Waals surface area contributed by atoms with E-state index < -0.39 is 11.0 Å². The van der Waals surface area contributed by atoms with E-state index in [4.69, 9.17) is 15.3 Å². The number of hydrogen-bond donors (Lipinski definition) is 0. The maximum absolute atomic E-state index is 9.05. The van der Waals surface area contributed by atoms with Crippen LogP contribution in [0.25, 0.3) is 0 Å². The second kappa shape index (κ2) is 3.87. The van der Waals surface area contributed by atoms with Gasteiger partial charge in [0.2, 0.25) is 0 Å². The van der Waals surface area contributed by atoms with Crippen molar-refractivity contribution in [3.63, 3.8) is 0 Å². The van der Waals surface area contributed by atoms with E-state index in [1.807, 2.05) is 25.1 Å². The number of hydrogen-bond acceptors (Lipinski definition) is 3. The van der Waals surface area contributed by atoms with E-state index in [0.717, 1.165) is 11.1 Å². The summed E-state index contributed by atoms with van der Waals surface area (Å²) in [6.07, 6.45) is 0.427. The first-order chi connectivity index (χ1) is 8.03. The molecule has 3 nitrogen and oxygen atoms in total. The molecule has 1 fully saturated rings. The Hall–Kier alpha value is -1.84. The smallest absolute Gasteiger partial charge is 0.144 e. The number of aryl methyl sites for hydroxylation is 1. The molecule has 1 aromatic rings. The lowest BCUT2D eigenvalue weighted by Crippen LogP contribution is -2.21. The summed E-state index contributed by atoms with van der Waals surface area (Å²) in [6, 6.07) is 12.2. The van der Waals surface area contributed by atoms with Gasteiger partial charge in [0.15, 0.2) is 0 Å². The average Bonchev–Trinajstić information content (AvgIpc) is 3.10. The van der Waals surface area contributed by atoms with Crippen molar-refractivity contribution in [1.29, 1.82) is 10.5 Å². The molecule has 17 heavy (non-hydrogen) atoms. The Morgan fingerprint density at radius 3 is 2.53 bits per heavy atom. The molecular formula is C14H14N2O. The summed E-state index contributed by atoms with van der Waals surface area (Å²) < 4.78 is 5.53. The highest BCUT2D eigenvalue weighted by Crippen LogP contribution is 2.47. The second-order valence-electron chi connectivity index (χ2n) is 4.88.